The summed E-state index contributed by atoms with van der Waals surface area (Å²) in [5, 5.41) is 6.02. The van der Waals surface area contributed by atoms with Crippen LogP contribution in [0.3, 0.4) is 0 Å². The number of carbonyl (C=O) groups is 3. The summed E-state index contributed by atoms with van der Waals surface area (Å²) in [7, 11) is 0. The first-order chi connectivity index (χ1) is 12.3. The molecule has 2 aromatic carbocycles. The van der Waals surface area contributed by atoms with E-state index < -0.39 is 5.91 Å². The summed E-state index contributed by atoms with van der Waals surface area (Å²) in [5.41, 5.74) is 2.31. The van der Waals surface area contributed by atoms with E-state index in [9.17, 15) is 14.4 Å². The molecule has 0 fully saturated rings. The molecule has 26 heavy (non-hydrogen) atoms. The lowest BCUT2D eigenvalue weighted by molar-refractivity contribution is -0.118. The van der Waals surface area contributed by atoms with Crippen molar-refractivity contribution in [3.8, 4) is 0 Å². The number of amides is 2. The maximum Gasteiger partial charge on any atom is 0.248 e. The van der Waals surface area contributed by atoms with Crippen LogP contribution in [-0.2, 0) is 16.1 Å². The largest absolute Gasteiger partial charge is 0.348 e. The molecule has 0 bridgehead atoms. The summed E-state index contributed by atoms with van der Waals surface area (Å²) in [6, 6.07) is 13.7. The second kappa shape index (κ2) is 8.97. The van der Waals surface area contributed by atoms with Gasteiger partial charge in [0.05, 0.1) is 0 Å². The third kappa shape index (κ3) is 5.86. The predicted molar refractivity (Wildman–Crippen MR) is 102 cm³/mol. The van der Waals surface area contributed by atoms with Gasteiger partial charge in [0, 0.05) is 34.5 Å². The Morgan fingerprint density at radius 3 is 2.15 bits per heavy atom. The molecule has 0 saturated heterocycles. The first kappa shape index (κ1) is 19.4. The van der Waals surface area contributed by atoms with Crippen LogP contribution in [0, 0.1) is 0 Å². The van der Waals surface area contributed by atoms with Gasteiger partial charge in [-0.2, -0.15) is 0 Å². The molecule has 0 saturated carbocycles. The molecule has 0 aromatic heterocycles. The van der Waals surface area contributed by atoms with Gasteiger partial charge in [0.2, 0.25) is 11.8 Å². The minimum atomic E-state index is -0.417. The molecule has 2 amide bonds. The van der Waals surface area contributed by atoms with Gasteiger partial charge in [-0.25, -0.2) is 0 Å². The SMILES string of the molecule is CC(=O)c1ccc(NC(=O)/C=C(\C)C(=O)NCc2ccc(Cl)cc2)cc1. The molecule has 0 unspecified atom stereocenters. The number of benzene rings is 2. The van der Waals surface area contributed by atoms with Crippen molar-refractivity contribution in [2.45, 2.75) is 20.4 Å². The molecule has 2 rings (SSSR count). The third-order valence-electron chi connectivity index (χ3n) is 3.63. The van der Waals surface area contributed by atoms with E-state index >= 15 is 0 Å². The highest BCUT2D eigenvalue weighted by atomic mass is 35.5. The van der Waals surface area contributed by atoms with Crippen molar-refractivity contribution in [1.29, 1.82) is 0 Å². The van der Waals surface area contributed by atoms with Crippen LogP contribution in [0.5, 0.6) is 0 Å². The maximum atomic E-state index is 12.1. The van der Waals surface area contributed by atoms with Crippen LogP contribution in [0.2, 0.25) is 5.02 Å². The minimum Gasteiger partial charge on any atom is -0.348 e. The number of ketones is 1. The van der Waals surface area contributed by atoms with Crippen molar-refractivity contribution in [2.24, 2.45) is 0 Å². The van der Waals surface area contributed by atoms with Crippen LogP contribution >= 0.6 is 11.6 Å². The Morgan fingerprint density at radius 2 is 1.58 bits per heavy atom. The fourth-order valence-electron chi connectivity index (χ4n) is 2.15. The highest BCUT2D eigenvalue weighted by Gasteiger charge is 2.07. The molecule has 0 aliphatic heterocycles. The van der Waals surface area contributed by atoms with Crippen molar-refractivity contribution in [2.75, 3.05) is 5.32 Å². The topological polar surface area (TPSA) is 75.3 Å². The minimum absolute atomic E-state index is 0.0454. The second-order valence-corrected chi connectivity index (χ2v) is 6.20. The monoisotopic (exact) mass is 370 g/mol. The van der Waals surface area contributed by atoms with Crippen LogP contribution < -0.4 is 10.6 Å². The highest BCUT2D eigenvalue weighted by Crippen LogP contribution is 2.11. The molecule has 6 heteroatoms. The lowest BCUT2D eigenvalue weighted by atomic mass is 10.1. The van der Waals surface area contributed by atoms with Crippen molar-refractivity contribution >= 4 is 34.9 Å². The number of halogens is 1. The van der Waals surface area contributed by atoms with Crippen molar-refractivity contribution in [1.82, 2.24) is 5.32 Å². The molecular weight excluding hydrogens is 352 g/mol. The van der Waals surface area contributed by atoms with Crippen LogP contribution in [0.4, 0.5) is 5.69 Å². The maximum absolute atomic E-state index is 12.1. The first-order valence-corrected chi connectivity index (χ1v) is 8.36. The van der Waals surface area contributed by atoms with Gasteiger partial charge >= 0.3 is 0 Å². The predicted octanol–water partition coefficient (Wildman–Crippen LogP) is 3.74. The summed E-state index contributed by atoms with van der Waals surface area (Å²) in [5.74, 6) is -0.794. The van der Waals surface area contributed by atoms with Crippen molar-refractivity contribution < 1.29 is 14.4 Å². The zero-order chi connectivity index (χ0) is 19.1. The Kier molecular flexibility index (Phi) is 6.69. The quantitative estimate of drug-likeness (QED) is 0.600. The lowest BCUT2D eigenvalue weighted by Crippen LogP contribution is -2.24. The Morgan fingerprint density at radius 1 is 0.962 bits per heavy atom. The van der Waals surface area contributed by atoms with Gasteiger partial charge in [-0.05, 0) is 55.8 Å². The molecule has 5 nitrogen and oxygen atoms in total. The second-order valence-electron chi connectivity index (χ2n) is 5.76. The summed E-state index contributed by atoms with van der Waals surface area (Å²) in [6.07, 6.45) is 1.23. The van der Waals surface area contributed by atoms with E-state index in [0.717, 1.165) is 5.56 Å². The molecular formula is C20H19ClN2O3. The molecule has 0 radical (unpaired) electrons. The van der Waals surface area contributed by atoms with Gasteiger partial charge in [0.15, 0.2) is 5.78 Å². The summed E-state index contributed by atoms with van der Waals surface area (Å²) < 4.78 is 0. The number of anilines is 1. The number of nitrogens with one attached hydrogen (secondary N) is 2. The number of carbonyl (C=O) groups excluding carboxylic acids is 3. The third-order valence-corrected chi connectivity index (χ3v) is 3.88. The Labute approximate surface area is 157 Å². The Bertz CT molecular complexity index is 840. The molecule has 2 N–H and O–H groups in total. The Hall–Kier alpha value is -2.92. The number of rotatable bonds is 6. The fourth-order valence-corrected chi connectivity index (χ4v) is 2.28. The lowest BCUT2D eigenvalue weighted by Gasteiger charge is -2.07. The van der Waals surface area contributed by atoms with E-state index in [1.165, 1.54) is 13.0 Å². The van der Waals surface area contributed by atoms with Gasteiger partial charge < -0.3 is 10.6 Å². The van der Waals surface area contributed by atoms with Crippen LogP contribution in [-0.4, -0.2) is 17.6 Å². The van der Waals surface area contributed by atoms with Crippen LogP contribution in [0.1, 0.15) is 29.8 Å². The summed E-state index contributed by atoms with van der Waals surface area (Å²) in [4.78, 5) is 35.3. The highest BCUT2D eigenvalue weighted by molar-refractivity contribution is 6.30. The van der Waals surface area contributed by atoms with E-state index in [-0.39, 0.29) is 17.3 Å². The number of hydrogen-bond acceptors (Lipinski definition) is 3. The molecule has 0 aliphatic rings. The van der Waals surface area contributed by atoms with Gasteiger partial charge in [-0.3, -0.25) is 14.4 Å². The molecule has 2 aromatic rings. The van der Waals surface area contributed by atoms with E-state index in [1.54, 1.807) is 43.3 Å². The van der Waals surface area contributed by atoms with Crippen molar-refractivity contribution in [3.63, 3.8) is 0 Å². The fraction of sp³-hybridized carbons (Fsp3) is 0.150. The zero-order valence-corrected chi connectivity index (χ0v) is 15.3. The normalized spacial score (nSPS) is 11.0. The zero-order valence-electron chi connectivity index (χ0n) is 14.5. The first-order valence-electron chi connectivity index (χ1n) is 7.98. The number of Topliss-reactive ketones (excluding diaryl/α,β-unsaturated/α-hetero) is 1. The van der Waals surface area contributed by atoms with E-state index in [0.29, 0.717) is 22.8 Å². The summed E-state index contributed by atoms with van der Waals surface area (Å²) >= 11 is 5.82. The van der Waals surface area contributed by atoms with Crippen LogP contribution in [0.15, 0.2) is 60.2 Å². The molecule has 134 valence electrons. The van der Waals surface area contributed by atoms with Gasteiger partial charge in [0.25, 0.3) is 0 Å². The van der Waals surface area contributed by atoms with Gasteiger partial charge in [0.1, 0.15) is 0 Å². The molecule has 0 spiro atoms. The van der Waals surface area contributed by atoms with Crippen molar-refractivity contribution in [3.05, 3.63) is 76.3 Å². The van der Waals surface area contributed by atoms with E-state index in [1.807, 2.05) is 12.1 Å². The Balaban J connectivity index is 1.90. The summed E-state index contributed by atoms with van der Waals surface area (Å²) in [6.45, 7) is 3.38. The molecule has 0 aliphatic carbocycles. The average Bonchev–Trinajstić information content (AvgIpc) is 2.61. The van der Waals surface area contributed by atoms with Gasteiger partial charge in [-0.1, -0.05) is 23.7 Å². The standard InChI is InChI=1S/C20H19ClN2O3/c1-13(20(26)22-12-15-3-7-17(21)8-4-15)11-19(25)23-18-9-5-16(6-10-18)14(2)24/h3-11H,12H2,1-2H3,(H,22,26)(H,23,25)/b13-11+. The number of hydrogen-bond donors (Lipinski definition) is 2. The van der Waals surface area contributed by atoms with E-state index in [2.05, 4.69) is 10.6 Å². The average molecular weight is 371 g/mol. The smallest absolute Gasteiger partial charge is 0.248 e. The molecule has 0 atom stereocenters. The van der Waals surface area contributed by atoms with E-state index in [4.69, 9.17) is 11.6 Å². The van der Waals surface area contributed by atoms with Crippen LogP contribution in [0.25, 0.3) is 0 Å². The molecule has 0 heterocycles. The van der Waals surface area contributed by atoms with Gasteiger partial charge in [-0.15, -0.1) is 0 Å².